The third-order valence-electron chi connectivity index (χ3n) is 6.53. The molecule has 37 heavy (non-hydrogen) atoms. The maximum Gasteiger partial charge on any atom is 0.227 e. The lowest BCUT2D eigenvalue weighted by Crippen LogP contribution is -2.44. The molecule has 0 spiro atoms. The fraction of sp³-hybridized carbons (Fsp3) is 0.552. The number of benzene rings is 1. The monoisotopic (exact) mass is 513 g/mol. The highest BCUT2D eigenvalue weighted by Gasteiger charge is 2.28. The predicted molar refractivity (Wildman–Crippen MR) is 150 cm³/mol. The minimum Gasteiger partial charge on any atom is -0.369 e. The van der Waals surface area contributed by atoms with E-state index in [2.05, 4.69) is 65.4 Å². The Bertz CT molecular complexity index is 923. The molecule has 1 aromatic carbocycles. The molecule has 1 aliphatic heterocycles. The molecule has 0 N–H and O–H groups in total. The van der Waals surface area contributed by atoms with E-state index in [-0.39, 0.29) is 18.7 Å². The van der Waals surface area contributed by atoms with E-state index in [0.717, 1.165) is 69.1 Å². The predicted octanol–water partition coefficient (Wildman–Crippen LogP) is 5.80. The van der Waals surface area contributed by atoms with Crippen molar-refractivity contribution < 1.29 is 13.7 Å². The number of halogens is 1. The number of hydrogen-bond acceptors (Lipinski definition) is 6. The average molecular weight is 514 g/mol. The van der Waals surface area contributed by atoms with Crippen LogP contribution in [0.3, 0.4) is 0 Å². The number of alkyl halides is 1. The molecule has 2 aromatic rings. The topological polar surface area (TPSA) is 65.7 Å². The van der Waals surface area contributed by atoms with Crippen molar-refractivity contribution in [3.05, 3.63) is 62.3 Å². The van der Waals surface area contributed by atoms with E-state index in [1.165, 1.54) is 12.8 Å². The number of anilines is 2. The summed E-state index contributed by atoms with van der Waals surface area (Å²) in [4.78, 5) is 23.9. The van der Waals surface area contributed by atoms with Gasteiger partial charge < -0.3 is 19.2 Å². The van der Waals surface area contributed by atoms with Gasteiger partial charge in [-0.2, -0.15) is 4.98 Å². The summed E-state index contributed by atoms with van der Waals surface area (Å²) in [6.45, 7) is 16.2. The second-order valence-electron chi connectivity index (χ2n) is 9.28. The smallest absolute Gasteiger partial charge is 0.227 e. The van der Waals surface area contributed by atoms with Gasteiger partial charge in [0.25, 0.3) is 0 Å². The third kappa shape index (κ3) is 9.76. The molecule has 8 heteroatoms. The molecule has 1 saturated heterocycles. The Labute approximate surface area is 222 Å². The summed E-state index contributed by atoms with van der Waals surface area (Å²) >= 11 is 0. The number of aryl methyl sites for hydroxylation is 1. The van der Waals surface area contributed by atoms with Gasteiger partial charge in [-0.1, -0.05) is 17.6 Å². The van der Waals surface area contributed by atoms with Gasteiger partial charge in [-0.3, -0.25) is 9.18 Å². The van der Waals surface area contributed by atoms with Crippen LogP contribution in [0, 0.1) is 0 Å². The normalized spacial score (nSPS) is 15.2. The molecule has 0 atom stereocenters. The third-order valence-corrected chi connectivity index (χ3v) is 6.53. The van der Waals surface area contributed by atoms with E-state index in [0.29, 0.717) is 18.4 Å². The molecule has 204 valence electrons. The van der Waals surface area contributed by atoms with Crippen LogP contribution in [0.1, 0.15) is 62.6 Å². The number of nitrogens with zero attached hydrogens (tertiary/aromatic N) is 5. The summed E-state index contributed by atoms with van der Waals surface area (Å²) in [5.41, 5.74) is 2.05. The van der Waals surface area contributed by atoms with Gasteiger partial charge in [0.1, 0.15) is 0 Å². The van der Waals surface area contributed by atoms with E-state index in [4.69, 9.17) is 4.52 Å². The molecule has 7 nitrogen and oxygen atoms in total. The molecular weight excluding hydrogens is 469 g/mol. The van der Waals surface area contributed by atoms with Crippen LogP contribution in [0.25, 0.3) is 0 Å². The van der Waals surface area contributed by atoms with Crippen LogP contribution in [0.4, 0.5) is 15.8 Å². The van der Waals surface area contributed by atoms with Gasteiger partial charge in [0.05, 0.1) is 6.67 Å². The lowest BCUT2D eigenvalue weighted by Gasteiger charge is -2.34. The first-order chi connectivity index (χ1) is 18.1. The molecule has 0 bridgehead atoms. The van der Waals surface area contributed by atoms with E-state index in [1.54, 1.807) is 0 Å². The molecule has 4 rings (SSSR count). The summed E-state index contributed by atoms with van der Waals surface area (Å²) in [6, 6.07) is 8.23. The second kappa shape index (κ2) is 16.7. The quantitative estimate of drug-likeness (QED) is 0.264. The lowest BCUT2D eigenvalue weighted by molar-refractivity contribution is -0.118. The van der Waals surface area contributed by atoms with Crippen LogP contribution in [0.15, 0.2) is 55.1 Å². The average Bonchev–Trinajstić information content (AvgIpc) is 3.70. The van der Waals surface area contributed by atoms with E-state index in [9.17, 15) is 9.18 Å². The van der Waals surface area contributed by atoms with Crippen LogP contribution in [-0.2, 0) is 11.2 Å². The van der Waals surface area contributed by atoms with Crippen molar-refractivity contribution in [2.45, 2.75) is 57.3 Å². The lowest BCUT2D eigenvalue weighted by atomic mass is 10.1. The Morgan fingerprint density at radius 1 is 1.08 bits per heavy atom. The number of unbranched alkanes of at least 4 members (excludes halogenated alkanes) is 2. The Morgan fingerprint density at radius 3 is 2.49 bits per heavy atom. The highest BCUT2D eigenvalue weighted by atomic mass is 19.1. The Morgan fingerprint density at radius 2 is 1.81 bits per heavy atom. The number of carbonyl (C=O) groups excluding carboxylic acids is 1. The molecule has 1 amide bonds. The van der Waals surface area contributed by atoms with Gasteiger partial charge in [-0.15, -0.1) is 26.3 Å². The van der Waals surface area contributed by atoms with E-state index < -0.39 is 6.67 Å². The highest BCUT2D eigenvalue weighted by Crippen LogP contribution is 2.38. The number of carbonyl (C=O) groups is 1. The first-order valence-corrected chi connectivity index (χ1v) is 13.4. The maximum atomic E-state index is 12.9. The van der Waals surface area contributed by atoms with Gasteiger partial charge in [0.2, 0.25) is 11.8 Å². The van der Waals surface area contributed by atoms with Crippen molar-refractivity contribution in [1.29, 1.82) is 0 Å². The summed E-state index contributed by atoms with van der Waals surface area (Å²) in [7, 11) is 2.14. The molecule has 2 aliphatic rings. The maximum absolute atomic E-state index is 12.9. The Hall–Kier alpha value is -3.00. The molecule has 2 heterocycles. The number of aromatic nitrogens is 2. The van der Waals surface area contributed by atoms with Crippen molar-refractivity contribution in [1.82, 2.24) is 15.0 Å². The summed E-state index contributed by atoms with van der Waals surface area (Å²) in [5, 5.41) is 4.07. The fourth-order valence-electron chi connectivity index (χ4n) is 4.27. The number of hydrogen-bond donors (Lipinski definition) is 0. The molecular formula is C29H44FN5O2. The van der Waals surface area contributed by atoms with Crippen LogP contribution >= 0.6 is 0 Å². The van der Waals surface area contributed by atoms with Gasteiger partial charge in [-0.05, 0) is 57.4 Å². The van der Waals surface area contributed by atoms with Crippen molar-refractivity contribution >= 4 is 17.3 Å². The van der Waals surface area contributed by atoms with Gasteiger partial charge in [0, 0.05) is 62.9 Å². The molecule has 1 aliphatic carbocycles. The largest absolute Gasteiger partial charge is 0.369 e. The van der Waals surface area contributed by atoms with Crippen LogP contribution < -0.4 is 9.80 Å². The van der Waals surface area contributed by atoms with Crippen molar-refractivity contribution in [2.75, 3.05) is 56.2 Å². The number of likely N-dealkylation sites (N-methyl/N-ethyl adjacent to an activating group) is 1. The number of piperazine rings is 1. The second-order valence-corrected chi connectivity index (χ2v) is 9.28. The summed E-state index contributed by atoms with van der Waals surface area (Å²) < 4.78 is 18.1. The van der Waals surface area contributed by atoms with Crippen LogP contribution in [0.5, 0.6) is 0 Å². The highest BCUT2D eigenvalue weighted by molar-refractivity contribution is 5.93. The van der Waals surface area contributed by atoms with E-state index in [1.807, 2.05) is 17.0 Å². The molecule has 0 unspecified atom stereocenters. The van der Waals surface area contributed by atoms with Gasteiger partial charge in [-0.25, -0.2) is 0 Å². The Kier molecular flexibility index (Phi) is 13.6. The first kappa shape index (κ1) is 30.2. The van der Waals surface area contributed by atoms with Gasteiger partial charge in [0.15, 0.2) is 5.82 Å². The van der Waals surface area contributed by atoms with Crippen LogP contribution in [0.2, 0.25) is 0 Å². The van der Waals surface area contributed by atoms with Crippen molar-refractivity contribution in [3.63, 3.8) is 0 Å². The zero-order chi connectivity index (χ0) is 27.0. The van der Waals surface area contributed by atoms with Crippen molar-refractivity contribution in [3.8, 4) is 0 Å². The van der Waals surface area contributed by atoms with Crippen molar-refractivity contribution in [2.24, 2.45) is 0 Å². The molecule has 2 fully saturated rings. The fourth-order valence-corrected chi connectivity index (χ4v) is 4.27. The Balaban J connectivity index is 0.00000115. The number of amides is 1. The molecule has 1 saturated carbocycles. The first-order valence-electron chi connectivity index (χ1n) is 13.4. The SMILES string of the molecule is C=C.C=C.CN1CCN(c2cccc(N(CCCCCc3nc(C4CC4)no3)C(=O)CCCF)c2)CC1. The minimum atomic E-state index is -0.464. The molecule has 1 aromatic heterocycles. The standard InChI is InChI=1S/C25H36FN5O2.2C2H4/c1-29-15-17-30(18-16-29)21-7-5-8-22(19-21)31(24(32)10-6-13-26)14-4-2-3-9-23-27-25(28-33-23)20-11-12-20;2*1-2/h5,7-8,19-20H,2-4,6,9-18H2,1H3;2*1-2H2. The molecule has 0 radical (unpaired) electrons. The van der Waals surface area contributed by atoms with Gasteiger partial charge >= 0.3 is 0 Å². The zero-order valence-electron chi connectivity index (χ0n) is 22.5. The van der Waals surface area contributed by atoms with E-state index >= 15 is 0 Å². The minimum absolute atomic E-state index is 0.00541. The zero-order valence-corrected chi connectivity index (χ0v) is 22.5. The summed E-state index contributed by atoms with van der Waals surface area (Å²) in [5.74, 6) is 2.07. The van der Waals surface area contributed by atoms with Crippen LogP contribution in [-0.4, -0.2) is 67.4 Å². The number of rotatable bonds is 12. The summed E-state index contributed by atoms with van der Waals surface area (Å²) in [6.07, 6.45) is 6.40.